The van der Waals surface area contributed by atoms with E-state index in [4.69, 9.17) is 10.5 Å². The lowest BCUT2D eigenvalue weighted by molar-refractivity contribution is -0.383. The van der Waals surface area contributed by atoms with E-state index in [0.717, 1.165) is 18.2 Å². The third kappa shape index (κ3) is 4.90. The number of hydrogen-bond donors (Lipinski definition) is 1. The van der Waals surface area contributed by atoms with Crippen LogP contribution >= 0.6 is 0 Å². The first-order valence-corrected chi connectivity index (χ1v) is 11.1. The van der Waals surface area contributed by atoms with Crippen molar-refractivity contribution in [1.82, 2.24) is 9.78 Å². The zero-order valence-corrected chi connectivity index (χ0v) is 14.7. The first-order valence-electron chi connectivity index (χ1n) is 7.41. The molecule has 0 unspecified atom stereocenters. The number of nitrogens with two attached hydrogens (primary N) is 1. The molecular formula is C15H22N4O3Si. The first kappa shape index (κ1) is 17.2. The Morgan fingerprint density at radius 2 is 2.09 bits per heavy atom. The molecule has 23 heavy (non-hydrogen) atoms. The maximum atomic E-state index is 11.0. The molecule has 1 aromatic carbocycles. The molecule has 8 heteroatoms. The molecule has 2 N–H and O–H groups in total. The molecule has 1 aromatic heterocycles. The number of nitro benzene ring substituents is 1. The van der Waals surface area contributed by atoms with Crippen LogP contribution in [0, 0.1) is 10.1 Å². The number of benzene rings is 1. The van der Waals surface area contributed by atoms with E-state index >= 15 is 0 Å². The minimum Gasteiger partial charge on any atom is -0.393 e. The highest BCUT2D eigenvalue weighted by atomic mass is 28.3. The molecule has 0 atom stereocenters. The molecule has 0 amide bonds. The van der Waals surface area contributed by atoms with Gasteiger partial charge in [0, 0.05) is 32.5 Å². The van der Waals surface area contributed by atoms with Crippen LogP contribution < -0.4 is 5.73 Å². The average molecular weight is 334 g/mol. The molecule has 1 heterocycles. The second-order valence-electron chi connectivity index (χ2n) is 6.65. The SMILES string of the molecule is C[Si](C)(C)CCOCn1cc(-c2ccc(N)c([N+](=O)[O-])c2)cn1. The number of nitrogens with zero attached hydrogens (tertiary/aromatic N) is 3. The summed E-state index contributed by atoms with van der Waals surface area (Å²) in [5.74, 6) is 0. The number of nitrogen functional groups attached to an aromatic ring is 1. The molecule has 0 bridgehead atoms. The lowest BCUT2D eigenvalue weighted by Gasteiger charge is -2.15. The summed E-state index contributed by atoms with van der Waals surface area (Å²) in [5.41, 5.74) is 7.17. The highest BCUT2D eigenvalue weighted by Gasteiger charge is 2.14. The van der Waals surface area contributed by atoms with E-state index < -0.39 is 13.0 Å². The van der Waals surface area contributed by atoms with Gasteiger partial charge in [0.05, 0.1) is 11.1 Å². The Bertz CT molecular complexity index is 694. The predicted molar refractivity (Wildman–Crippen MR) is 92.8 cm³/mol. The van der Waals surface area contributed by atoms with Crippen molar-refractivity contribution in [1.29, 1.82) is 0 Å². The molecule has 0 radical (unpaired) electrons. The van der Waals surface area contributed by atoms with E-state index in [1.165, 1.54) is 12.1 Å². The van der Waals surface area contributed by atoms with Gasteiger partial charge in [0.1, 0.15) is 12.4 Å². The van der Waals surface area contributed by atoms with Gasteiger partial charge in [-0.25, -0.2) is 4.68 Å². The smallest absolute Gasteiger partial charge is 0.292 e. The average Bonchev–Trinajstić information content (AvgIpc) is 2.91. The van der Waals surface area contributed by atoms with Gasteiger partial charge in [0.25, 0.3) is 5.69 Å². The monoisotopic (exact) mass is 334 g/mol. The molecule has 0 fully saturated rings. The maximum absolute atomic E-state index is 11.0. The van der Waals surface area contributed by atoms with Crippen LogP contribution in [0.3, 0.4) is 0 Å². The molecule has 0 saturated carbocycles. The highest BCUT2D eigenvalue weighted by molar-refractivity contribution is 6.76. The van der Waals surface area contributed by atoms with Crippen molar-refractivity contribution >= 4 is 19.4 Å². The van der Waals surface area contributed by atoms with Crippen LogP contribution in [0.4, 0.5) is 11.4 Å². The van der Waals surface area contributed by atoms with Crippen molar-refractivity contribution in [3.8, 4) is 11.1 Å². The van der Waals surface area contributed by atoms with Crippen LogP contribution in [-0.4, -0.2) is 29.4 Å². The Kier molecular flexibility index (Phi) is 5.17. The van der Waals surface area contributed by atoms with Crippen LogP contribution in [-0.2, 0) is 11.5 Å². The molecule has 0 aliphatic heterocycles. The summed E-state index contributed by atoms with van der Waals surface area (Å²) in [6.07, 6.45) is 3.47. The minimum absolute atomic E-state index is 0.0957. The molecule has 0 spiro atoms. The Morgan fingerprint density at radius 3 is 2.74 bits per heavy atom. The standard InChI is InChI=1S/C15H22N4O3Si/c1-23(2,3)7-6-22-11-18-10-13(9-17-18)12-4-5-14(16)15(8-12)19(20)21/h4-5,8-10H,6-7,11,16H2,1-3H3. The van der Waals surface area contributed by atoms with Crippen LogP contribution in [0.25, 0.3) is 11.1 Å². The molecule has 0 saturated heterocycles. The van der Waals surface area contributed by atoms with Crippen LogP contribution in [0.2, 0.25) is 25.7 Å². The Balaban J connectivity index is 2.02. The van der Waals surface area contributed by atoms with E-state index in [2.05, 4.69) is 24.7 Å². The fourth-order valence-corrected chi connectivity index (χ4v) is 2.76. The zero-order chi connectivity index (χ0) is 17.0. The van der Waals surface area contributed by atoms with Gasteiger partial charge in [-0.15, -0.1) is 0 Å². The number of rotatable bonds is 7. The quantitative estimate of drug-likeness (QED) is 0.275. The Labute approximate surface area is 136 Å². The van der Waals surface area contributed by atoms with Gasteiger partial charge in [-0.05, 0) is 17.7 Å². The number of hydrogen-bond acceptors (Lipinski definition) is 5. The second-order valence-corrected chi connectivity index (χ2v) is 12.3. The van der Waals surface area contributed by atoms with Crippen LogP contribution in [0.15, 0.2) is 30.6 Å². The minimum atomic E-state index is -1.10. The van der Waals surface area contributed by atoms with Gasteiger partial charge in [0.15, 0.2) is 0 Å². The summed E-state index contributed by atoms with van der Waals surface area (Å²) in [6, 6.07) is 5.85. The number of ether oxygens (including phenoxy) is 1. The van der Waals surface area contributed by atoms with Crippen molar-refractivity contribution in [2.75, 3.05) is 12.3 Å². The fourth-order valence-electron chi connectivity index (χ4n) is 2.00. The zero-order valence-electron chi connectivity index (χ0n) is 13.7. The van der Waals surface area contributed by atoms with Gasteiger partial charge >= 0.3 is 0 Å². The molecule has 0 aliphatic rings. The van der Waals surface area contributed by atoms with Crippen molar-refractivity contribution in [3.63, 3.8) is 0 Å². The van der Waals surface area contributed by atoms with Gasteiger partial charge in [-0.3, -0.25) is 10.1 Å². The number of aromatic nitrogens is 2. The van der Waals surface area contributed by atoms with Gasteiger partial charge in [0.2, 0.25) is 0 Å². The molecule has 0 aliphatic carbocycles. The molecule has 2 aromatic rings. The lowest BCUT2D eigenvalue weighted by Crippen LogP contribution is -2.22. The second kappa shape index (κ2) is 6.92. The first-order chi connectivity index (χ1) is 10.8. The van der Waals surface area contributed by atoms with Crippen LogP contribution in [0.1, 0.15) is 0 Å². The summed E-state index contributed by atoms with van der Waals surface area (Å²) < 4.78 is 7.32. The molecule has 7 nitrogen and oxygen atoms in total. The predicted octanol–water partition coefficient (Wildman–Crippen LogP) is 3.35. The van der Waals surface area contributed by atoms with Gasteiger partial charge in [-0.2, -0.15) is 5.10 Å². The summed E-state index contributed by atoms with van der Waals surface area (Å²) in [4.78, 5) is 10.5. The summed E-state index contributed by atoms with van der Waals surface area (Å²) >= 11 is 0. The van der Waals surface area contributed by atoms with E-state index in [1.807, 2.05) is 6.20 Å². The Morgan fingerprint density at radius 1 is 1.35 bits per heavy atom. The molecule has 2 rings (SSSR count). The largest absolute Gasteiger partial charge is 0.393 e. The van der Waals surface area contributed by atoms with Crippen LogP contribution in [0.5, 0.6) is 0 Å². The van der Waals surface area contributed by atoms with E-state index in [1.54, 1.807) is 16.9 Å². The molecule has 124 valence electrons. The fraction of sp³-hybridized carbons (Fsp3) is 0.400. The summed E-state index contributed by atoms with van der Waals surface area (Å²) in [6.45, 7) is 8.00. The Hall–Kier alpha value is -2.19. The van der Waals surface area contributed by atoms with E-state index in [-0.39, 0.29) is 11.4 Å². The van der Waals surface area contributed by atoms with Crippen molar-refractivity contribution in [2.24, 2.45) is 0 Å². The normalized spacial score (nSPS) is 11.6. The third-order valence-electron chi connectivity index (χ3n) is 3.41. The lowest BCUT2D eigenvalue weighted by atomic mass is 10.1. The molecular weight excluding hydrogens is 312 g/mol. The number of nitro groups is 1. The highest BCUT2D eigenvalue weighted by Crippen LogP contribution is 2.28. The topological polar surface area (TPSA) is 96.2 Å². The van der Waals surface area contributed by atoms with Gasteiger partial charge < -0.3 is 10.5 Å². The van der Waals surface area contributed by atoms with Crippen molar-refractivity contribution < 1.29 is 9.66 Å². The van der Waals surface area contributed by atoms with Crippen molar-refractivity contribution in [2.45, 2.75) is 32.4 Å². The maximum Gasteiger partial charge on any atom is 0.292 e. The summed E-state index contributed by atoms with van der Waals surface area (Å²) in [5, 5.41) is 15.2. The van der Waals surface area contributed by atoms with Gasteiger partial charge in [-0.1, -0.05) is 25.7 Å². The van der Waals surface area contributed by atoms with Crippen molar-refractivity contribution in [3.05, 3.63) is 40.7 Å². The van der Waals surface area contributed by atoms with E-state index in [0.29, 0.717) is 12.3 Å². The van der Waals surface area contributed by atoms with E-state index in [9.17, 15) is 10.1 Å². The summed E-state index contributed by atoms with van der Waals surface area (Å²) in [7, 11) is -1.10. The third-order valence-corrected chi connectivity index (χ3v) is 5.12. The number of anilines is 1.